The van der Waals surface area contributed by atoms with Crippen LogP contribution >= 0.6 is 0 Å². The van der Waals surface area contributed by atoms with Crippen LogP contribution in [0.5, 0.6) is 5.75 Å². The van der Waals surface area contributed by atoms with Crippen molar-refractivity contribution < 1.29 is 4.74 Å². The van der Waals surface area contributed by atoms with Crippen LogP contribution in [0.4, 0.5) is 5.69 Å². The van der Waals surface area contributed by atoms with Crippen LogP contribution in [0.15, 0.2) is 70.9 Å². The Morgan fingerprint density at radius 3 is 2.52 bits per heavy atom. The first-order valence-electron chi connectivity index (χ1n) is 12.3. The number of rotatable bonds is 10. The molecule has 1 saturated carbocycles. The number of anilines is 1. The summed E-state index contributed by atoms with van der Waals surface area (Å²) in [6.07, 6.45) is 17.7. The maximum atomic E-state index is 6.24. The van der Waals surface area contributed by atoms with Crippen LogP contribution in [0.1, 0.15) is 66.7 Å². The van der Waals surface area contributed by atoms with Crippen LogP contribution in [-0.4, -0.2) is 41.3 Å². The van der Waals surface area contributed by atoms with Gasteiger partial charge < -0.3 is 14.5 Å². The number of hydrogen-bond donors (Lipinski definition) is 0. The molecule has 1 aliphatic heterocycles. The van der Waals surface area contributed by atoms with Crippen LogP contribution in [-0.2, 0) is 0 Å². The number of nitrogens with zero attached hydrogens (tertiary/aromatic N) is 4. The van der Waals surface area contributed by atoms with Crippen molar-refractivity contribution in [3.8, 4) is 5.75 Å². The van der Waals surface area contributed by atoms with Crippen molar-refractivity contribution in [3.05, 3.63) is 65.9 Å². The summed E-state index contributed by atoms with van der Waals surface area (Å²) >= 11 is 0. The summed E-state index contributed by atoms with van der Waals surface area (Å²) in [5.41, 5.74) is 5.78. The Kier molecular flexibility index (Phi) is 8.93. The van der Waals surface area contributed by atoms with Crippen molar-refractivity contribution >= 4 is 11.9 Å². The van der Waals surface area contributed by atoms with Crippen LogP contribution in [0, 0.1) is 0 Å². The normalized spacial score (nSPS) is 19.0. The van der Waals surface area contributed by atoms with Crippen LogP contribution in [0.3, 0.4) is 0 Å². The van der Waals surface area contributed by atoms with E-state index >= 15 is 0 Å². The van der Waals surface area contributed by atoms with Crippen molar-refractivity contribution in [2.24, 2.45) is 4.99 Å². The Labute approximate surface area is 200 Å². The molecule has 0 atom stereocenters. The summed E-state index contributed by atoms with van der Waals surface area (Å²) in [7, 11) is 0. The second kappa shape index (κ2) is 11.9. The molecule has 1 aromatic heterocycles. The van der Waals surface area contributed by atoms with E-state index in [-0.39, 0.29) is 0 Å². The Morgan fingerprint density at radius 2 is 1.94 bits per heavy atom. The molecule has 1 saturated heterocycles. The van der Waals surface area contributed by atoms with E-state index in [9.17, 15) is 0 Å². The molecule has 178 valence electrons. The van der Waals surface area contributed by atoms with Crippen molar-refractivity contribution in [2.75, 3.05) is 18.0 Å². The zero-order chi connectivity index (χ0) is 23.8. The first kappa shape index (κ1) is 24.8. The molecule has 2 aliphatic rings. The van der Waals surface area contributed by atoms with Gasteiger partial charge in [-0.15, -0.1) is 0 Å². The second-order valence-electron chi connectivity index (χ2n) is 8.86. The van der Waals surface area contributed by atoms with Crippen LogP contribution < -0.4 is 9.64 Å². The maximum absolute atomic E-state index is 6.24. The third kappa shape index (κ3) is 6.37. The largest absolute Gasteiger partial charge is 0.488 e. The van der Waals surface area contributed by atoms with E-state index < -0.39 is 0 Å². The fourth-order valence-corrected chi connectivity index (χ4v) is 4.17. The number of piperidine rings is 1. The lowest BCUT2D eigenvalue weighted by Gasteiger charge is -2.41. The Morgan fingerprint density at radius 1 is 1.21 bits per heavy atom. The summed E-state index contributed by atoms with van der Waals surface area (Å²) in [4.78, 5) is 14.0. The zero-order valence-electron chi connectivity index (χ0n) is 21.1. The van der Waals surface area contributed by atoms with Crippen molar-refractivity contribution in [3.63, 3.8) is 0 Å². The first-order valence-corrected chi connectivity index (χ1v) is 12.3. The topological polar surface area (TPSA) is 41.0 Å². The van der Waals surface area contributed by atoms with Gasteiger partial charge >= 0.3 is 0 Å². The monoisotopic (exact) mass is 448 g/mol. The molecule has 0 amide bonds. The second-order valence-corrected chi connectivity index (χ2v) is 8.86. The van der Waals surface area contributed by atoms with Gasteiger partial charge in [-0.1, -0.05) is 31.2 Å². The third-order valence-corrected chi connectivity index (χ3v) is 6.65. The minimum atomic E-state index is 0.345. The summed E-state index contributed by atoms with van der Waals surface area (Å²) < 4.78 is 6.24. The molecule has 0 N–H and O–H groups in total. The lowest BCUT2D eigenvalue weighted by Crippen LogP contribution is -2.44. The maximum Gasteiger partial charge on any atom is 0.146 e. The highest BCUT2D eigenvalue weighted by Crippen LogP contribution is 2.38. The summed E-state index contributed by atoms with van der Waals surface area (Å²) in [5.74, 6) is 0.922. The highest BCUT2D eigenvalue weighted by molar-refractivity contribution is 5.78. The van der Waals surface area contributed by atoms with E-state index in [2.05, 4.69) is 68.1 Å². The molecule has 2 fully saturated rings. The number of aromatic nitrogens is 1. The van der Waals surface area contributed by atoms with Gasteiger partial charge in [0.15, 0.2) is 0 Å². The first-order chi connectivity index (χ1) is 16.0. The minimum absolute atomic E-state index is 0.345. The van der Waals surface area contributed by atoms with Crippen molar-refractivity contribution in [2.45, 2.75) is 78.9 Å². The van der Waals surface area contributed by atoms with E-state index in [4.69, 9.17) is 9.73 Å². The van der Waals surface area contributed by atoms with Gasteiger partial charge in [0.05, 0.1) is 24.2 Å². The molecule has 2 heterocycles. The molecule has 0 bridgehead atoms. The summed E-state index contributed by atoms with van der Waals surface area (Å²) in [6.45, 7) is 16.6. The fourth-order valence-electron chi connectivity index (χ4n) is 4.17. The molecule has 0 spiro atoms. The summed E-state index contributed by atoms with van der Waals surface area (Å²) in [6, 6.07) is 2.35. The molecule has 5 heteroatoms. The molecular formula is C28H40N4O. The number of aliphatic imine (C=N–C) groups is 1. The number of allylic oxidation sites excluding steroid dienone is 6. The van der Waals surface area contributed by atoms with Crippen molar-refractivity contribution in [1.29, 1.82) is 0 Å². The number of pyridine rings is 1. The van der Waals surface area contributed by atoms with Crippen LogP contribution in [0.25, 0.3) is 0 Å². The quantitative estimate of drug-likeness (QED) is 0.296. The van der Waals surface area contributed by atoms with Gasteiger partial charge in [-0.3, -0.25) is 9.98 Å². The van der Waals surface area contributed by atoms with Gasteiger partial charge in [0.2, 0.25) is 0 Å². The van der Waals surface area contributed by atoms with Gasteiger partial charge in [0.1, 0.15) is 11.4 Å². The molecule has 0 aromatic carbocycles. The number of ether oxygens (including phenoxy) is 1. The van der Waals surface area contributed by atoms with E-state index in [1.165, 1.54) is 11.3 Å². The zero-order valence-corrected chi connectivity index (χ0v) is 21.1. The van der Waals surface area contributed by atoms with Gasteiger partial charge in [-0.2, -0.15) is 0 Å². The standard InChI is InChI=1S/C28H40N4O/c1-7-21(5)22(6)30-19-24(10-4)31-17-14-25(15-18-31)32(23(8-2)9-3)27-20-29-16-13-28(27)33-26-11-12-26/h8-10,13,16,19-20,25-26H,2,7,11-12,14-15,17-18H2,1,3-6H3/b22-21+,23-9+,24-10+,30-19+. The molecule has 3 rings (SSSR count). The predicted molar refractivity (Wildman–Crippen MR) is 140 cm³/mol. The Balaban J connectivity index is 1.77. The molecule has 33 heavy (non-hydrogen) atoms. The SMILES string of the molecule is C=C/C(=C\C)N(c1cnccc1OC1CC1)C1CCN(C(/C=N/C(C)=C(\C)CC)=C/C)CC1. The Bertz CT molecular complexity index is 931. The third-order valence-electron chi connectivity index (χ3n) is 6.65. The average molecular weight is 449 g/mol. The fraction of sp³-hybridized carbons (Fsp3) is 0.500. The number of hydrogen-bond acceptors (Lipinski definition) is 5. The van der Waals surface area contributed by atoms with Gasteiger partial charge in [0.25, 0.3) is 0 Å². The van der Waals surface area contributed by atoms with E-state index in [0.29, 0.717) is 12.1 Å². The molecule has 1 aromatic rings. The van der Waals surface area contributed by atoms with Crippen LogP contribution in [0.2, 0.25) is 0 Å². The average Bonchev–Trinajstić information content (AvgIpc) is 3.67. The van der Waals surface area contributed by atoms with Gasteiger partial charge in [-0.25, -0.2) is 0 Å². The molecule has 0 radical (unpaired) electrons. The summed E-state index contributed by atoms with van der Waals surface area (Å²) in [5, 5.41) is 0. The van der Waals surface area contributed by atoms with Gasteiger partial charge in [-0.05, 0) is 65.9 Å². The van der Waals surface area contributed by atoms with Crippen molar-refractivity contribution in [1.82, 2.24) is 9.88 Å². The molecule has 1 aliphatic carbocycles. The number of likely N-dealkylation sites (tertiary alicyclic amines) is 1. The highest BCUT2D eigenvalue weighted by Gasteiger charge is 2.30. The van der Waals surface area contributed by atoms with Gasteiger partial charge in [0, 0.05) is 42.8 Å². The highest BCUT2D eigenvalue weighted by atomic mass is 16.5. The van der Waals surface area contributed by atoms with E-state index in [0.717, 1.165) is 68.0 Å². The Hall–Kier alpha value is -2.82. The molecule has 0 unspecified atom stereocenters. The predicted octanol–water partition coefficient (Wildman–Crippen LogP) is 6.66. The molecular weight excluding hydrogens is 408 g/mol. The van der Waals surface area contributed by atoms with E-state index in [1.54, 1.807) is 0 Å². The minimum Gasteiger partial charge on any atom is -0.488 e. The molecule has 5 nitrogen and oxygen atoms in total. The lowest BCUT2D eigenvalue weighted by atomic mass is 10.0. The lowest BCUT2D eigenvalue weighted by molar-refractivity contribution is 0.269. The smallest absolute Gasteiger partial charge is 0.146 e. The van der Waals surface area contributed by atoms with E-state index in [1.807, 2.05) is 30.8 Å².